The second-order valence-electron chi connectivity index (χ2n) is 6.74. The molecule has 6 nitrogen and oxygen atoms in total. The molecule has 4 rings (SSSR count). The summed E-state index contributed by atoms with van der Waals surface area (Å²) < 4.78 is 46.9. The van der Waals surface area contributed by atoms with Crippen molar-refractivity contribution in [1.29, 1.82) is 5.26 Å². The van der Waals surface area contributed by atoms with E-state index in [1.807, 2.05) is 0 Å². The zero-order valence-corrected chi connectivity index (χ0v) is 16.1. The number of alkyl halides is 3. The van der Waals surface area contributed by atoms with Crippen LogP contribution in [0.15, 0.2) is 71.3 Å². The van der Waals surface area contributed by atoms with Crippen molar-refractivity contribution in [3.8, 4) is 6.07 Å². The molecule has 0 fully saturated rings. The second kappa shape index (κ2) is 6.89. The summed E-state index contributed by atoms with van der Waals surface area (Å²) >= 11 is 6.05. The summed E-state index contributed by atoms with van der Waals surface area (Å²) in [6, 6.07) is 12.7. The van der Waals surface area contributed by atoms with Crippen LogP contribution in [-0.2, 0) is 14.9 Å². The number of nitrogens with zero attached hydrogens (tertiary/aromatic N) is 1. The Balaban J connectivity index is 2.16. The average Bonchev–Trinajstić information content (AvgIpc) is 2.99. The van der Waals surface area contributed by atoms with E-state index in [1.165, 1.54) is 42.5 Å². The van der Waals surface area contributed by atoms with Crippen LogP contribution in [0.2, 0.25) is 5.02 Å². The summed E-state index contributed by atoms with van der Waals surface area (Å²) in [5.41, 5.74) is 1.33. The minimum Gasteiger partial charge on any atom is -0.435 e. The highest BCUT2D eigenvalue weighted by molar-refractivity contribution is 6.31. The SMILES string of the molecule is N#CC1=C(N)OC(C(F)(F)F)=C(C(=O)c2ccccc2)C12C(=O)Nc1ccc(Cl)cc12. The third kappa shape index (κ3) is 2.87. The number of ketones is 1. The molecule has 156 valence electrons. The number of Topliss-reactive ketones (excluding diaryl/α,β-unsaturated/α-hetero) is 1. The van der Waals surface area contributed by atoms with Crippen LogP contribution in [0.1, 0.15) is 15.9 Å². The monoisotopic (exact) mass is 445 g/mol. The van der Waals surface area contributed by atoms with E-state index in [1.54, 1.807) is 12.1 Å². The molecular formula is C21H11ClF3N3O3. The van der Waals surface area contributed by atoms with Gasteiger partial charge in [0.25, 0.3) is 0 Å². The molecule has 2 aliphatic heterocycles. The minimum atomic E-state index is -5.19. The van der Waals surface area contributed by atoms with Gasteiger partial charge in [-0.05, 0) is 18.2 Å². The highest BCUT2D eigenvalue weighted by Gasteiger charge is 2.62. The molecule has 3 N–H and O–H groups in total. The number of nitriles is 1. The molecule has 2 aromatic carbocycles. The Bertz CT molecular complexity index is 1250. The van der Waals surface area contributed by atoms with Gasteiger partial charge in [0.2, 0.25) is 17.5 Å². The van der Waals surface area contributed by atoms with E-state index in [4.69, 9.17) is 22.1 Å². The lowest BCUT2D eigenvalue weighted by Gasteiger charge is -2.35. The lowest BCUT2D eigenvalue weighted by molar-refractivity contribution is -0.129. The first-order chi connectivity index (χ1) is 14.6. The number of carbonyl (C=O) groups is 2. The Morgan fingerprint density at radius 2 is 1.87 bits per heavy atom. The number of allylic oxidation sites excluding steroid dienone is 1. The number of benzene rings is 2. The molecule has 0 aliphatic carbocycles. The molecule has 1 spiro atoms. The molecule has 0 radical (unpaired) electrons. The average molecular weight is 446 g/mol. The number of ether oxygens (including phenoxy) is 1. The molecule has 31 heavy (non-hydrogen) atoms. The number of rotatable bonds is 2. The molecule has 0 aromatic heterocycles. The summed E-state index contributed by atoms with van der Waals surface area (Å²) in [6.07, 6.45) is -5.19. The number of halogens is 4. The maximum atomic E-state index is 14.0. The van der Waals surface area contributed by atoms with Crippen molar-refractivity contribution >= 4 is 29.0 Å². The Hall–Kier alpha value is -3.77. The van der Waals surface area contributed by atoms with Gasteiger partial charge >= 0.3 is 6.18 Å². The minimum absolute atomic E-state index is 0.0806. The van der Waals surface area contributed by atoms with Crippen LogP contribution in [0.25, 0.3) is 0 Å². The molecule has 1 atom stereocenters. The largest absolute Gasteiger partial charge is 0.450 e. The fourth-order valence-corrected chi connectivity index (χ4v) is 3.98. The third-order valence-corrected chi connectivity index (χ3v) is 5.28. The van der Waals surface area contributed by atoms with Gasteiger partial charge in [-0.3, -0.25) is 9.59 Å². The first-order valence-electron chi connectivity index (χ1n) is 8.73. The highest BCUT2D eigenvalue weighted by atomic mass is 35.5. The molecule has 0 bridgehead atoms. The van der Waals surface area contributed by atoms with E-state index < -0.39 is 46.1 Å². The molecular weight excluding hydrogens is 435 g/mol. The summed E-state index contributed by atoms with van der Waals surface area (Å²) in [7, 11) is 0. The molecule has 2 aromatic rings. The van der Waals surface area contributed by atoms with Gasteiger partial charge in [0.1, 0.15) is 17.1 Å². The molecule has 1 amide bonds. The summed E-state index contributed by atoms with van der Waals surface area (Å²) in [5.74, 6) is -4.88. The lowest BCUT2D eigenvalue weighted by Crippen LogP contribution is -2.47. The summed E-state index contributed by atoms with van der Waals surface area (Å²) in [5, 5.41) is 12.3. The maximum absolute atomic E-state index is 14.0. The topological polar surface area (TPSA) is 105 Å². The van der Waals surface area contributed by atoms with Crippen LogP contribution in [-0.4, -0.2) is 17.9 Å². The Labute approximate surface area is 178 Å². The van der Waals surface area contributed by atoms with Crippen molar-refractivity contribution in [3.05, 3.63) is 87.5 Å². The van der Waals surface area contributed by atoms with Crippen molar-refractivity contribution in [1.82, 2.24) is 0 Å². The fraction of sp³-hybridized carbons (Fsp3) is 0.0952. The van der Waals surface area contributed by atoms with Crippen molar-refractivity contribution in [3.63, 3.8) is 0 Å². The first-order valence-corrected chi connectivity index (χ1v) is 9.11. The van der Waals surface area contributed by atoms with E-state index in [2.05, 4.69) is 5.32 Å². The van der Waals surface area contributed by atoms with E-state index in [-0.39, 0.29) is 21.8 Å². The third-order valence-electron chi connectivity index (χ3n) is 5.04. The second-order valence-corrected chi connectivity index (χ2v) is 7.18. The summed E-state index contributed by atoms with van der Waals surface area (Å²) in [4.78, 5) is 26.7. The van der Waals surface area contributed by atoms with Crippen LogP contribution < -0.4 is 11.1 Å². The predicted molar refractivity (Wildman–Crippen MR) is 104 cm³/mol. The number of hydrogen-bond donors (Lipinski definition) is 2. The van der Waals surface area contributed by atoms with E-state index in [0.29, 0.717) is 0 Å². The van der Waals surface area contributed by atoms with Crippen molar-refractivity contribution < 1.29 is 27.5 Å². The Morgan fingerprint density at radius 3 is 2.48 bits per heavy atom. The van der Waals surface area contributed by atoms with Crippen LogP contribution in [0, 0.1) is 11.3 Å². The van der Waals surface area contributed by atoms with E-state index in [9.17, 15) is 28.0 Å². The van der Waals surface area contributed by atoms with Crippen LogP contribution in [0.3, 0.4) is 0 Å². The van der Waals surface area contributed by atoms with Gasteiger partial charge in [-0.2, -0.15) is 18.4 Å². The number of anilines is 1. The smallest absolute Gasteiger partial charge is 0.435 e. The standard InChI is InChI=1S/C21H11ClF3N3O3/c22-11-6-7-14-12(8-11)20(19(30)28-14)13(9-26)18(27)31-17(21(23,24)25)15(20)16(29)10-4-2-1-3-5-10/h1-8H,27H2,(H,28,30). The molecule has 0 saturated heterocycles. The number of nitrogens with two attached hydrogens (primary N) is 1. The van der Waals surface area contributed by atoms with Gasteiger partial charge in [-0.25, -0.2) is 0 Å². The zero-order chi connectivity index (χ0) is 22.6. The lowest BCUT2D eigenvalue weighted by atomic mass is 9.66. The number of fused-ring (bicyclic) bond motifs is 2. The van der Waals surface area contributed by atoms with Crippen molar-refractivity contribution in [2.45, 2.75) is 11.6 Å². The molecule has 2 aliphatic rings. The van der Waals surface area contributed by atoms with Crippen molar-refractivity contribution in [2.75, 3.05) is 5.32 Å². The Morgan fingerprint density at radius 1 is 1.19 bits per heavy atom. The van der Waals surface area contributed by atoms with Crippen LogP contribution in [0.5, 0.6) is 0 Å². The fourth-order valence-electron chi connectivity index (χ4n) is 3.81. The Kier molecular flexibility index (Phi) is 4.56. The van der Waals surface area contributed by atoms with Gasteiger partial charge in [0, 0.05) is 21.8 Å². The van der Waals surface area contributed by atoms with Crippen LogP contribution in [0.4, 0.5) is 18.9 Å². The molecule has 1 unspecified atom stereocenters. The van der Waals surface area contributed by atoms with Gasteiger partial charge in [0.05, 0.1) is 5.57 Å². The maximum Gasteiger partial charge on any atom is 0.450 e. The van der Waals surface area contributed by atoms with Gasteiger partial charge in [-0.15, -0.1) is 0 Å². The quantitative estimate of drug-likeness (QED) is 0.681. The highest BCUT2D eigenvalue weighted by Crippen LogP contribution is 2.54. The van der Waals surface area contributed by atoms with Gasteiger partial charge in [0.15, 0.2) is 5.78 Å². The molecule has 2 heterocycles. The summed E-state index contributed by atoms with van der Waals surface area (Å²) in [6.45, 7) is 0. The number of hydrogen-bond acceptors (Lipinski definition) is 5. The normalized spacial score (nSPS) is 20.3. The molecule has 0 saturated carbocycles. The van der Waals surface area contributed by atoms with Crippen LogP contribution >= 0.6 is 11.6 Å². The van der Waals surface area contributed by atoms with E-state index >= 15 is 0 Å². The molecule has 10 heteroatoms. The van der Waals surface area contributed by atoms with Crippen molar-refractivity contribution in [2.24, 2.45) is 5.73 Å². The number of carbonyl (C=O) groups excluding carboxylic acids is 2. The number of amides is 1. The predicted octanol–water partition coefficient (Wildman–Crippen LogP) is 3.95. The van der Waals surface area contributed by atoms with Gasteiger partial charge < -0.3 is 15.8 Å². The first kappa shape index (κ1) is 20.5. The van der Waals surface area contributed by atoms with E-state index in [0.717, 1.165) is 0 Å². The number of nitrogens with one attached hydrogen (secondary N) is 1. The zero-order valence-electron chi connectivity index (χ0n) is 15.4. The van der Waals surface area contributed by atoms with Gasteiger partial charge in [-0.1, -0.05) is 41.9 Å².